The molecule has 4 heteroatoms. The van der Waals surface area contributed by atoms with Gasteiger partial charge in [0.1, 0.15) is 5.60 Å². The summed E-state index contributed by atoms with van der Waals surface area (Å²) in [5.74, 6) is 0.352. The summed E-state index contributed by atoms with van der Waals surface area (Å²) < 4.78 is 5.26. The first-order valence-electron chi connectivity index (χ1n) is 7.20. The minimum atomic E-state index is -0.713. The molecule has 2 atom stereocenters. The van der Waals surface area contributed by atoms with Crippen LogP contribution < -0.4 is 5.32 Å². The lowest BCUT2D eigenvalue weighted by atomic mass is 9.80. The van der Waals surface area contributed by atoms with Gasteiger partial charge in [0, 0.05) is 5.41 Å². The van der Waals surface area contributed by atoms with Crippen LogP contribution in [0.4, 0.5) is 4.79 Å². The second kappa shape index (κ2) is 7.11. The van der Waals surface area contributed by atoms with Crippen LogP contribution in [0.1, 0.15) is 54.9 Å². The highest BCUT2D eigenvalue weighted by molar-refractivity contribution is 5.68. The Morgan fingerprint density at radius 2 is 1.80 bits per heavy atom. The van der Waals surface area contributed by atoms with E-state index in [-0.39, 0.29) is 6.04 Å². The predicted molar refractivity (Wildman–Crippen MR) is 82.6 cm³/mol. The maximum atomic E-state index is 11.9. The summed E-state index contributed by atoms with van der Waals surface area (Å²) in [5, 5.41) is 13.3. The number of alkyl carbamates (subject to hydrolysis) is 1. The molecule has 1 amide bonds. The summed E-state index contributed by atoms with van der Waals surface area (Å²) in [6.07, 6.45) is 1.18. The largest absolute Gasteiger partial charge is 0.444 e. The molecule has 2 N–H and O–H groups in total. The maximum absolute atomic E-state index is 11.9. The number of hydrogen-bond acceptors (Lipinski definition) is 3. The fourth-order valence-corrected chi connectivity index (χ4v) is 1.87. The van der Waals surface area contributed by atoms with E-state index in [2.05, 4.69) is 25.7 Å². The summed E-state index contributed by atoms with van der Waals surface area (Å²) in [4.78, 5) is 11.9. The molecule has 118 valence electrons. The normalized spacial score (nSPS) is 15.7. The van der Waals surface area contributed by atoms with Crippen molar-refractivity contribution in [2.75, 3.05) is 0 Å². The SMILES string of the molecule is C=CC(C)(C)[C@H](O)[C@H](CC(C)C)NC(=O)OC(C)(C)C. The number of hydrogen-bond donors (Lipinski definition) is 2. The Labute approximate surface area is 123 Å². The molecule has 0 rings (SSSR count). The second-order valence-electron chi connectivity index (χ2n) is 7.35. The molecule has 4 nitrogen and oxygen atoms in total. The fraction of sp³-hybridized carbons (Fsp3) is 0.812. The summed E-state index contributed by atoms with van der Waals surface area (Å²) in [6.45, 7) is 17.1. The number of carbonyl (C=O) groups is 1. The van der Waals surface area contributed by atoms with Crippen molar-refractivity contribution in [3.63, 3.8) is 0 Å². The molecule has 0 spiro atoms. The van der Waals surface area contributed by atoms with Gasteiger partial charge in [-0.3, -0.25) is 0 Å². The Bertz CT molecular complexity index is 329. The lowest BCUT2D eigenvalue weighted by Gasteiger charge is -2.35. The van der Waals surface area contributed by atoms with Crippen molar-refractivity contribution >= 4 is 6.09 Å². The third kappa shape index (κ3) is 6.94. The van der Waals surface area contributed by atoms with Crippen molar-refractivity contribution < 1.29 is 14.6 Å². The Morgan fingerprint density at radius 3 is 2.15 bits per heavy atom. The standard InChI is InChI=1S/C16H31NO3/c1-9-16(7,8)13(18)12(10-11(2)3)17-14(19)20-15(4,5)6/h9,11-13,18H,1,10H2,2-8H3,(H,17,19)/t12-,13+/m0/s1. The van der Waals surface area contributed by atoms with E-state index in [4.69, 9.17) is 4.74 Å². The van der Waals surface area contributed by atoms with Crippen LogP contribution in [0.15, 0.2) is 12.7 Å². The van der Waals surface area contributed by atoms with E-state index < -0.39 is 23.2 Å². The average Bonchev–Trinajstić information content (AvgIpc) is 2.23. The molecule has 0 radical (unpaired) electrons. The molecule has 0 aliphatic heterocycles. The van der Waals surface area contributed by atoms with Crippen LogP contribution in [-0.4, -0.2) is 28.9 Å². The van der Waals surface area contributed by atoms with E-state index in [9.17, 15) is 9.90 Å². The lowest BCUT2D eigenvalue weighted by molar-refractivity contribution is 0.0188. The van der Waals surface area contributed by atoms with Crippen molar-refractivity contribution in [3.05, 3.63) is 12.7 Å². The van der Waals surface area contributed by atoms with Gasteiger partial charge in [-0.15, -0.1) is 6.58 Å². The monoisotopic (exact) mass is 285 g/mol. The summed E-state index contributed by atoms with van der Waals surface area (Å²) >= 11 is 0. The first-order chi connectivity index (χ1) is 8.89. The highest BCUT2D eigenvalue weighted by Crippen LogP contribution is 2.27. The maximum Gasteiger partial charge on any atom is 0.407 e. The van der Waals surface area contributed by atoms with E-state index in [0.29, 0.717) is 12.3 Å². The van der Waals surface area contributed by atoms with Gasteiger partial charge in [-0.05, 0) is 33.1 Å². The molecule has 0 saturated carbocycles. The highest BCUT2D eigenvalue weighted by atomic mass is 16.6. The van der Waals surface area contributed by atoms with Crippen molar-refractivity contribution in [1.29, 1.82) is 0 Å². The molecule has 0 bridgehead atoms. The number of aliphatic hydroxyl groups excluding tert-OH is 1. The van der Waals surface area contributed by atoms with Gasteiger partial charge in [0.05, 0.1) is 12.1 Å². The van der Waals surface area contributed by atoms with Crippen molar-refractivity contribution in [2.45, 2.75) is 72.6 Å². The third-order valence-corrected chi connectivity index (χ3v) is 3.10. The van der Waals surface area contributed by atoms with E-state index in [1.807, 2.05) is 34.6 Å². The molecular weight excluding hydrogens is 254 g/mol. The zero-order valence-corrected chi connectivity index (χ0v) is 14.0. The van der Waals surface area contributed by atoms with Gasteiger partial charge in [-0.25, -0.2) is 4.79 Å². The summed E-state index contributed by atoms with van der Waals surface area (Å²) in [7, 11) is 0. The minimum absolute atomic E-state index is 0.352. The van der Waals surface area contributed by atoms with Crippen LogP contribution in [0.2, 0.25) is 0 Å². The molecule has 0 aliphatic rings. The van der Waals surface area contributed by atoms with E-state index in [1.54, 1.807) is 6.08 Å². The van der Waals surface area contributed by atoms with Gasteiger partial charge in [0.15, 0.2) is 0 Å². The van der Waals surface area contributed by atoms with Crippen LogP contribution in [0.5, 0.6) is 0 Å². The zero-order valence-electron chi connectivity index (χ0n) is 14.0. The van der Waals surface area contributed by atoms with Crippen molar-refractivity contribution in [2.24, 2.45) is 11.3 Å². The molecule has 0 aromatic carbocycles. The predicted octanol–water partition coefficient (Wildman–Crippen LogP) is 3.50. The lowest BCUT2D eigenvalue weighted by Crippen LogP contribution is -2.50. The zero-order chi connectivity index (χ0) is 16.1. The third-order valence-electron chi connectivity index (χ3n) is 3.10. The van der Waals surface area contributed by atoms with Crippen molar-refractivity contribution in [3.8, 4) is 0 Å². The molecule has 0 aliphatic carbocycles. The molecule has 0 fully saturated rings. The quantitative estimate of drug-likeness (QED) is 0.734. The highest BCUT2D eigenvalue weighted by Gasteiger charge is 2.34. The van der Waals surface area contributed by atoms with Crippen LogP contribution in [-0.2, 0) is 4.74 Å². The average molecular weight is 285 g/mol. The Hall–Kier alpha value is -1.03. The van der Waals surface area contributed by atoms with Crippen LogP contribution in [0, 0.1) is 11.3 Å². The molecule has 0 saturated heterocycles. The Balaban J connectivity index is 4.90. The molecule has 0 aromatic heterocycles. The van der Waals surface area contributed by atoms with E-state index >= 15 is 0 Å². The number of aliphatic hydroxyl groups is 1. The first-order valence-corrected chi connectivity index (χ1v) is 7.20. The first kappa shape index (κ1) is 19.0. The minimum Gasteiger partial charge on any atom is -0.444 e. The fourth-order valence-electron chi connectivity index (χ4n) is 1.87. The van der Waals surface area contributed by atoms with Crippen LogP contribution in [0.3, 0.4) is 0 Å². The molecular formula is C16H31NO3. The topological polar surface area (TPSA) is 58.6 Å². The summed E-state index contributed by atoms with van der Waals surface area (Å²) in [6, 6.07) is -0.363. The smallest absolute Gasteiger partial charge is 0.407 e. The van der Waals surface area contributed by atoms with E-state index in [0.717, 1.165) is 0 Å². The van der Waals surface area contributed by atoms with E-state index in [1.165, 1.54) is 0 Å². The summed E-state index contributed by atoms with van der Waals surface area (Å²) in [5.41, 5.74) is -1.03. The van der Waals surface area contributed by atoms with Gasteiger partial charge < -0.3 is 15.2 Å². The van der Waals surface area contributed by atoms with Crippen LogP contribution in [0.25, 0.3) is 0 Å². The van der Waals surface area contributed by atoms with Gasteiger partial charge in [0.2, 0.25) is 0 Å². The van der Waals surface area contributed by atoms with Crippen molar-refractivity contribution in [1.82, 2.24) is 5.32 Å². The number of rotatable bonds is 6. The van der Waals surface area contributed by atoms with Gasteiger partial charge in [0.25, 0.3) is 0 Å². The molecule has 0 heterocycles. The number of amides is 1. The Morgan fingerprint density at radius 1 is 1.30 bits per heavy atom. The van der Waals surface area contributed by atoms with Crippen LogP contribution >= 0.6 is 0 Å². The van der Waals surface area contributed by atoms with Gasteiger partial charge in [-0.1, -0.05) is 33.8 Å². The van der Waals surface area contributed by atoms with Gasteiger partial charge >= 0.3 is 6.09 Å². The molecule has 0 unspecified atom stereocenters. The van der Waals surface area contributed by atoms with Gasteiger partial charge in [-0.2, -0.15) is 0 Å². The number of ether oxygens (including phenoxy) is 1. The molecule has 0 aromatic rings. The molecule has 20 heavy (non-hydrogen) atoms. The number of nitrogens with one attached hydrogen (secondary N) is 1. The second-order valence-corrected chi connectivity index (χ2v) is 7.35. The number of carbonyl (C=O) groups excluding carboxylic acids is 1. The Kier molecular flexibility index (Phi) is 6.75.